The van der Waals surface area contributed by atoms with E-state index in [0.717, 1.165) is 48.6 Å². The Labute approximate surface area is 180 Å². The fourth-order valence-electron chi connectivity index (χ4n) is 3.93. The van der Waals surface area contributed by atoms with E-state index in [1.807, 2.05) is 42.6 Å². The van der Waals surface area contributed by atoms with E-state index >= 15 is 0 Å². The van der Waals surface area contributed by atoms with Crippen molar-refractivity contribution in [3.63, 3.8) is 0 Å². The largest absolute Gasteiger partial charge is 0.399 e. The monoisotopic (exact) mass is 418 g/mol. The Hall–Kier alpha value is -3.49. The van der Waals surface area contributed by atoms with Gasteiger partial charge in [0.05, 0.1) is 17.6 Å². The standard InChI is InChI=1S/C23H26N6O2/c24-19-8-10-21(11-9-19)29-16-20(25-27-29)13-15-28-14-1-2-22(28)18-6-3-17(4-7-18)5-12-23(30)26-31/h3-12,16,22,31H,1-2,13-15,24H2,(H,26,30)/b12-5+/t22-/m0/s1. The molecule has 1 saturated heterocycles. The van der Waals surface area contributed by atoms with Crippen LogP contribution in [0.15, 0.2) is 60.8 Å². The zero-order valence-electron chi connectivity index (χ0n) is 17.2. The van der Waals surface area contributed by atoms with Crippen molar-refractivity contribution in [3.05, 3.63) is 77.6 Å². The average Bonchev–Trinajstić information content (AvgIpc) is 3.46. The number of hydrogen-bond donors (Lipinski definition) is 3. The summed E-state index contributed by atoms with van der Waals surface area (Å²) in [5.41, 5.74) is 12.2. The molecule has 1 aliphatic rings. The van der Waals surface area contributed by atoms with Crippen LogP contribution >= 0.6 is 0 Å². The normalized spacial score (nSPS) is 16.7. The minimum absolute atomic E-state index is 0.380. The number of amides is 1. The lowest BCUT2D eigenvalue weighted by Gasteiger charge is -2.24. The molecule has 2 heterocycles. The molecule has 0 saturated carbocycles. The van der Waals surface area contributed by atoms with Gasteiger partial charge in [0.2, 0.25) is 0 Å². The lowest BCUT2D eigenvalue weighted by molar-refractivity contribution is -0.124. The smallest absolute Gasteiger partial charge is 0.267 e. The van der Waals surface area contributed by atoms with Gasteiger partial charge in [0, 0.05) is 30.8 Å². The van der Waals surface area contributed by atoms with Crippen molar-refractivity contribution >= 4 is 17.7 Å². The van der Waals surface area contributed by atoms with Crippen LogP contribution < -0.4 is 11.2 Å². The molecule has 0 radical (unpaired) electrons. The topological polar surface area (TPSA) is 109 Å². The van der Waals surface area contributed by atoms with Crippen LogP contribution in [-0.4, -0.2) is 44.1 Å². The van der Waals surface area contributed by atoms with Crippen LogP contribution in [0.5, 0.6) is 0 Å². The molecule has 160 valence electrons. The van der Waals surface area contributed by atoms with E-state index in [1.54, 1.807) is 16.2 Å². The first-order valence-electron chi connectivity index (χ1n) is 10.4. The molecule has 0 spiro atoms. The van der Waals surface area contributed by atoms with Crippen LogP contribution in [0.4, 0.5) is 5.69 Å². The van der Waals surface area contributed by atoms with Gasteiger partial charge in [-0.05, 0) is 60.9 Å². The number of carbonyl (C=O) groups is 1. The Morgan fingerprint density at radius 3 is 2.71 bits per heavy atom. The lowest BCUT2D eigenvalue weighted by Crippen LogP contribution is -2.25. The summed E-state index contributed by atoms with van der Waals surface area (Å²) in [5, 5.41) is 17.1. The third-order valence-electron chi connectivity index (χ3n) is 5.58. The number of anilines is 1. The van der Waals surface area contributed by atoms with Crippen LogP contribution in [0.2, 0.25) is 0 Å². The summed E-state index contributed by atoms with van der Waals surface area (Å²) < 4.78 is 1.78. The Bertz CT molecular complexity index is 1040. The average molecular weight is 419 g/mol. The predicted molar refractivity (Wildman–Crippen MR) is 118 cm³/mol. The summed E-state index contributed by atoms with van der Waals surface area (Å²) in [5.74, 6) is -0.542. The molecule has 1 atom stereocenters. The Kier molecular flexibility index (Phi) is 6.40. The summed E-state index contributed by atoms with van der Waals surface area (Å²) in [7, 11) is 0. The molecule has 0 bridgehead atoms. The molecule has 31 heavy (non-hydrogen) atoms. The number of benzene rings is 2. The van der Waals surface area contributed by atoms with Gasteiger partial charge in [0.15, 0.2) is 0 Å². The highest BCUT2D eigenvalue weighted by Crippen LogP contribution is 2.32. The van der Waals surface area contributed by atoms with Gasteiger partial charge in [-0.2, -0.15) is 0 Å². The summed E-state index contributed by atoms with van der Waals surface area (Å²) >= 11 is 0. The maximum absolute atomic E-state index is 11.1. The van der Waals surface area contributed by atoms with Gasteiger partial charge < -0.3 is 5.73 Å². The number of nitrogens with two attached hydrogens (primary N) is 1. The molecule has 0 aliphatic carbocycles. The Balaban J connectivity index is 1.36. The van der Waals surface area contributed by atoms with Crippen LogP contribution in [0, 0.1) is 0 Å². The Morgan fingerprint density at radius 2 is 1.97 bits per heavy atom. The molecule has 8 heteroatoms. The SMILES string of the molecule is Nc1ccc(-n2cc(CCN3CCC[C@H]3c3ccc(/C=C/C(=O)NO)cc3)nn2)cc1. The van der Waals surface area contributed by atoms with E-state index in [2.05, 4.69) is 27.3 Å². The Morgan fingerprint density at radius 1 is 1.19 bits per heavy atom. The van der Waals surface area contributed by atoms with Crippen molar-refractivity contribution < 1.29 is 10.0 Å². The zero-order valence-corrected chi connectivity index (χ0v) is 17.2. The van der Waals surface area contributed by atoms with Crippen LogP contribution in [-0.2, 0) is 11.2 Å². The number of nitrogen functional groups attached to an aromatic ring is 1. The molecule has 1 amide bonds. The second-order valence-corrected chi connectivity index (χ2v) is 7.67. The van der Waals surface area contributed by atoms with Crippen LogP contribution in [0.25, 0.3) is 11.8 Å². The van der Waals surface area contributed by atoms with Crippen molar-refractivity contribution in [2.75, 3.05) is 18.8 Å². The molecule has 3 aromatic rings. The van der Waals surface area contributed by atoms with Crippen molar-refractivity contribution in [1.29, 1.82) is 0 Å². The number of nitrogens with zero attached hydrogens (tertiary/aromatic N) is 4. The maximum atomic E-state index is 11.1. The zero-order chi connectivity index (χ0) is 21.6. The molecule has 4 N–H and O–H groups in total. The van der Waals surface area contributed by atoms with E-state index < -0.39 is 5.91 Å². The van der Waals surface area contributed by atoms with Gasteiger partial charge in [-0.25, -0.2) is 10.2 Å². The predicted octanol–water partition coefficient (Wildman–Crippen LogP) is 2.75. The highest BCUT2D eigenvalue weighted by atomic mass is 16.5. The second kappa shape index (κ2) is 9.55. The van der Waals surface area contributed by atoms with E-state index in [1.165, 1.54) is 18.1 Å². The minimum Gasteiger partial charge on any atom is -0.399 e. The molecule has 1 aliphatic heterocycles. The van der Waals surface area contributed by atoms with E-state index in [4.69, 9.17) is 10.9 Å². The summed E-state index contributed by atoms with van der Waals surface area (Å²) in [4.78, 5) is 13.6. The number of likely N-dealkylation sites (tertiary alicyclic amines) is 1. The summed E-state index contributed by atoms with van der Waals surface area (Å²) in [6.07, 6.45) is 8.07. The van der Waals surface area contributed by atoms with Crippen LogP contribution in [0.1, 0.15) is 35.7 Å². The molecule has 8 nitrogen and oxygen atoms in total. The quantitative estimate of drug-likeness (QED) is 0.236. The summed E-state index contributed by atoms with van der Waals surface area (Å²) in [6, 6.07) is 16.1. The third kappa shape index (κ3) is 5.17. The number of nitrogens with one attached hydrogen (secondary N) is 1. The molecule has 2 aromatic carbocycles. The van der Waals surface area contributed by atoms with Gasteiger partial charge in [-0.1, -0.05) is 29.5 Å². The maximum Gasteiger partial charge on any atom is 0.267 e. The lowest BCUT2D eigenvalue weighted by atomic mass is 10.0. The van der Waals surface area contributed by atoms with E-state index in [-0.39, 0.29) is 0 Å². The fraction of sp³-hybridized carbons (Fsp3) is 0.261. The second-order valence-electron chi connectivity index (χ2n) is 7.67. The molecule has 1 fully saturated rings. The third-order valence-corrected chi connectivity index (χ3v) is 5.58. The number of aromatic nitrogens is 3. The van der Waals surface area contributed by atoms with Gasteiger partial charge in [-0.3, -0.25) is 14.9 Å². The molecular formula is C23H26N6O2. The number of rotatable bonds is 7. The van der Waals surface area contributed by atoms with E-state index in [0.29, 0.717) is 6.04 Å². The first-order valence-corrected chi connectivity index (χ1v) is 10.4. The van der Waals surface area contributed by atoms with Gasteiger partial charge in [0.1, 0.15) is 0 Å². The highest BCUT2D eigenvalue weighted by molar-refractivity contribution is 5.90. The highest BCUT2D eigenvalue weighted by Gasteiger charge is 2.25. The van der Waals surface area contributed by atoms with Crippen molar-refractivity contribution in [2.24, 2.45) is 0 Å². The van der Waals surface area contributed by atoms with E-state index in [9.17, 15) is 4.79 Å². The summed E-state index contributed by atoms with van der Waals surface area (Å²) in [6.45, 7) is 1.98. The molecule has 0 unspecified atom stereocenters. The van der Waals surface area contributed by atoms with Crippen LogP contribution in [0.3, 0.4) is 0 Å². The fourth-order valence-corrected chi connectivity index (χ4v) is 3.93. The minimum atomic E-state index is -0.542. The number of hydrogen-bond acceptors (Lipinski definition) is 6. The van der Waals surface area contributed by atoms with Gasteiger partial charge >= 0.3 is 0 Å². The molecular weight excluding hydrogens is 392 g/mol. The van der Waals surface area contributed by atoms with Crippen molar-refractivity contribution in [3.8, 4) is 5.69 Å². The first-order chi connectivity index (χ1) is 15.1. The number of hydroxylamine groups is 1. The van der Waals surface area contributed by atoms with Crippen molar-refractivity contribution in [1.82, 2.24) is 25.4 Å². The molecule has 4 rings (SSSR count). The number of carbonyl (C=O) groups excluding carboxylic acids is 1. The van der Waals surface area contributed by atoms with Gasteiger partial charge in [-0.15, -0.1) is 5.10 Å². The first kappa shape index (κ1) is 20.8. The molecule has 1 aromatic heterocycles. The van der Waals surface area contributed by atoms with Gasteiger partial charge in [0.25, 0.3) is 5.91 Å². The van der Waals surface area contributed by atoms with Crippen molar-refractivity contribution in [2.45, 2.75) is 25.3 Å².